The third kappa shape index (κ3) is 13.9. The van der Waals surface area contributed by atoms with E-state index in [2.05, 4.69) is 6.92 Å². The fraction of sp³-hybridized carbons (Fsp3) is 1.00. The highest BCUT2D eigenvalue weighted by atomic mass is 16.4. The van der Waals surface area contributed by atoms with E-state index < -0.39 is 31.0 Å². The molecule has 4 atom stereocenters. The standard InChI is InChI=1S/C22H48NO5/c1-4-5-6-7-8-9-10-11-12-13-14-15-16-23(2,3)17-19(25)21(27)22(28)20(26)18-24/h19-22,24-28H,4-18H2,1-3H3/q+1/t19-,20+,21-,22-/m0/s1. The van der Waals surface area contributed by atoms with Gasteiger partial charge in [-0.1, -0.05) is 71.1 Å². The van der Waals surface area contributed by atoms with E-state index in [0.29, 0.717) is 4.48 Å². The molecule has 0 unspecified atom stereocenters. The zero-order chi connectivity index (χ0) is 21.4. The lowest BCUT2D eigenvalue weighted by atomic mass is 10.0. The maximum absolute atomic E-state index is 10.1. The van der Waals surface area contributed by atoms with Crippen molar-refractivity contribution in [3.63, 3.8) is 0 Å². The summed E-state index contributed by atoms with van der Waals surface area (Å²) in [5.41, 5.74) is 0. The van der Waals surface area contributed by atoms with Gasteiger partial charge in [0.2, 0.25) is 0 Å². The van der Waals surface area contributed by atoms with Crippen molar-refractivity contribution in [1.82, 2.24) is 0 Å². The first kappa shape index (κ1) is 27.8. The molecule has 0 aromatic rings. The van der Waals surface area contributed by atoms with Crippen LogP contribution in [0.25, 0.3) is 0 Å². The Balaban J connectivity index is 3.76. The Hall–Kier alpha value is -0.240. The van der Waals surface area contributed by atoms with E-state index in [1.54, 1.807) is 0 Å². The molecule has 0 aliphatic carbocycles. The Labute approximate surface area is 172 Å². The van der Waals surface area contributed by atoms with Crippen LogP contribution in [0.5, 0.6) is 0 Å². The second-order valence-electron chi connectivity index (χ2n) is 9.03. The molecule has 5 N–H and O–H groups in total. The van der Waals surface area contributed by atoms with Crippen LogP contribution in [0, 0.1) is 0 Å². The second-order valence-corrected chi connectivity index (χ2v) is 9.03. The van der Waals surface area contributed by atoms with Gasteiger partial charge in [0, 0.05) is 0 Å². The van der Waals surface area contributed by atoms with Crippen molar-refractivity contribution in [3.8, 4) is 0 Å². The van der Waals surface area contributed by atoms with Crippen LogP contribution < -0.4 is 0 Å². The lowest BCUT2D eigenvalue weighted by Crippen LogP contribution is -2.54. The lowest BCUT2D eigenvalue weighted by Gasteiger charge is -2.34. The van der Waals surface area contributed by atoms with Crippen LogP contribution in [0.2, 0.25) is 0 Å². The van der Waals surface area contributed by atoms with Gasteiger partial charge in [0.1, 0.15) is 31.0 Å². The number of aliphatic hydroxyl groups is 5. The van der Waals surface area contributed by atoms with Crippen molar-refractivity contribution < 1.29 is 30.0 Å². The molecule has 0 aliphatic heterocycles. The minimum absolute atomic E-state index is 0.286. The summed E-state index contributed by atoms with van der Waals surface area (Å²) in [6, 6.07) is 0. The Bertz CT molecular complexity index is 354. The smallest absolute Gasteiger partial charge is 0.131 e. The van der Waals surface area contributed by atoms with Gasteiger partial charge < -0.3 is 30.0 Å². The second kappa shape index (κ2) is 16.5. The molecule has 0 aliphatic rings. The maximum atomic E-state index is 10.1. The Morgan fingerprint density at radius 3 is 1.43 bits per heavy atom. The quantitative estimate of drug-likeness (QED) is 0.167. The molecule has 6 nitrogen and oxygen atoms in total. The summed E-state index contributed by atoms with van der Waals surface area (Å²) in [5, 5.41) is 48.0. The van der Waals surface area contributed by atoms with Gasteiger partial charge in [-0.25, -0.2) is 0 Å². The monoisotopic (exact) mass is 406 g/mol. The minimum Gasteiger partial charge on any atom is -0.394 e. The normalized spacial score (nSPS) is 16.7. The molecule has 0 aromatic heterocycles. The Kier molecular flexibility index (Phi) is 16.4. The number of unbranched alkanes of at least 4 members (excludes halogenated alkanes) is 11. The molecule has 28 heavy (non-hydrogen) atoms. The van der Waals surface area contributed by atoms with E-state index in [0.717, 1.165) is 13.0 Å². The molecule has 0 saturated carbocycles. The van der Waals surface area contributed by atoms with Crippen LogP contribution in [-0.2, 0) is 0 Å². The molecule has 0 fully saturated rings. The van der Waals surface area contributed by atoms with Crippen LogP contribution in [-0.4, -0.2) is 88.2 Å². The maximum Gasteiger partial charge on any atom is 0.131 e. The number of likely N-dealkylation sites (N-methyl/N-ethyl adjacent to an activating group) is 1. The molecular weight excluding hydrogens is 358 g/mol. The highest BCUT2D eigenvalue weighted by molar-refractivity contribution is 4.80. The van der Waals surface area contributed by atoms with Crippen LogP contribution in [0.4, 0.5) is 0 Å². The summed E-state index contributed by atoms with van der Waals surface area (Å²) in [4.78, 5) is 0. The Morgan fingerprint density at radius 2 is 1.00 bits per heavy atom. The summed E-state index contributed by atoms with van der Waals surface area (Å²) < 4.78 is 0.540. The molecule has 0 rings (SSSR count). The topological polar surface area (TPSA) is 101 Å². The van der Waals surface area contributed by atoms with Crippen LogP contribution >= 0.6 is 0 Å². The molecule has 0 amide bonds. The average molecular weight is 407 g/mol. The molecule has 170 valence electrons. The SMILES string of the molecule is CCCCCCCCCCCCCC[N+](C)(C)C[C@H](O)[C@H](O)[C@@H](O)[C@H](O)CO. The summed E-state index contributed by atoms with van der Waals surface area (Å²) in [6.45, 7) is 2.77. The number of nitrogens with zero attached hydrogens (tertiary/aromatic N) is 1. The van der Waals surface area contributed by atoms with Gasteiger partial charge in [0.15, 0.2) is 0 Å². The highest BCUT2D eigenvalue weighted by Crippen LogP contribution is 2.14. The molecule has 0 spiro atoms. The van der Waals surface area contributed by atoms with Crippen molar-refractivity contribution in [2.75, 3.05) is 33.8 Å². The molecule has 0 aromatic carbocycles. The van der Waals surface area contributed by atoms with E-state index in [9.17, 15) is 20.4 Å². The summed E-state index contributed by atoms with van der Waals surface area (Å²) in [5.74, 6) is 0. The van der Waals surface area contributed by atoms with Crippen molar-refractivity contribution >= 4 is 0 Å². The van der Waals surface area contributed by atoms with Gasteiger partial charge in [-0.15, -0.1) is 0 Å². The average Bonchev–Trinajstić information content (AvgIpc) is 2.66. The first-order valence-electron chi connectivity index (χ1n) is 11.4. The van der Waals surface area contributed by atoms with Gasteiger partial charge >= 0.3 is 0 Å². The van der Waals surface area contributed by atoms with Crippen LogP contribution in [0.15, 0.2) is 0 Å². The predicted octanol–water partition coefficient (Wildman–Crippen LogP) is 2.20. The summed E-state index contributed by atoms with van der Waals surface area (Å²) >= 11 is 0. The van der Waals surface area contributed by atoms with E-state index in [1.807, 2.05) is 14.1 Å². The van der Waals surface area contributed by atoms with Gasteiger partial charge in [0.25, 0.3) is 0 Å². The molecular formula is C22H48NO5+. The lowest BCUT2D eigenvalue weighted by molar-refractivity contribution is -0.894. The van der Waals surface area contributed by atoms with Crippen LogP contribution in [0.1, 0.15) is 84.0 Å². The summed E-state index contributed by atoms with van der Waals surface area (Å²) in [6.07, 6.45) is 10.0. The number of hydrogen-bond donors (Lipinski definition) is 5. The van der Waals surface area contributed by atoms with Crippen molar-refractivity contribution in [2.24, 2.45) is 0 Å². The van der Waals surface area contributed by atoms with Gasteiger partial charge in [-0.3, -0.25) is 0 Å². The van der Waals surface area contributed by atoms with Gasteiger partial charge in [-0.2, -0.15) is 0 Å². The zero-order valence-corrected chi connectivity index (χ0v) is 18.6. The van der Waals surface area contributed by atoms with E-state index in [1.165, 1.54) is 70.6 Å². The Morgan fingerprint density at radius 1 is 0.607 bits per heavy atom. The fourth-order valence-corrected chi connectivity index (χ4v) is 3.65. The van der Waals surface area contributed by atoms with Crippen molar-refractivity contribution in [3.05, 3.63) is 0 Å². The molecule has 0 radical (unpaired) electrons. The van der Waals surface area contributed by atoms with Crippen molar-refractivity contribution in [1.29, 1.82) is 0 Å². The first-order chi connectivity index (χ1) is 13.2. The minimum atomic E-state index is -1.55. The third-order valence-electron chi connectivity index (χ3n) is 5.62. The van der Waals surface area contributed by atoms with Crippen molar-refractivity contribution in [2.45, 2.75) is 108 Å². The molecule has 0 heterocycles. The fourth-order valence-electron chi connectivity index (χ4n) is 3.65. The van der Waals surface area contributed by atoms with E-state index in [-0.39, 0.29) is 6.54 Å². The third-order valence-corrected chi connectivity index (χ3v) is 5.62. The number of quaternary nitrogens is 1. The highest BCUT2D eigenvalue weighted by Gasteiger charge is 2.33. The summed E-state index contributed by atoms with van der Waals surface area (Å²) in [7, 11) is 3.98. The first-order valence-corrected chi connectivity index (χ1v) is 11.4. The zero-order valence-electron chi connectivity index (χ0n) is 18.6. The number of aliphatic hydroxyl groups excluding tert-OH is 5. The van der Waals surface area contributed by atoms with Gasteiger partial charge in [0.05, 0.1) is 27.2 Å². The van der Waals surface area contributed by atoms with Gasteiger partial charge in [-0.05, 0) is 12.8 Å². The molecule has 0 bridgehead atoms. The van der Waals surface area contributed by atoms with E-state index >= 15 is 0 Å². The van der Waals surface area contributed by atoms with E-state index in [4.69, 9.17) is 5.11 Å². The van der Waals surface area contributed by atoms with Crippen LogP contribution in [0.3, 0.4) is 0 Å². The predicted molar refractivity (Wildman–Crippen MR) is 114 cm³/mol. The molecule has 0 saturated heterocycles. The number of rotatable bonds is 19. The largest absolute Gasteiger partial charge is 0.394 e. The number of hydrogen-bond acceptors (Lipinski definition) is 5. The molecule has 6 heteroatoms.